The van der Waals surface area contributed by atoms with E-state index in [1.165, 1.54) is 12.1 Å². The third-order valence-electron chi connectivity index (χ3n) is 4.29. The summed E-state index contributed by atoms with van der Waals surface area (Å²) >= 11 is 0. The van der Waals surface area contributed by atoms with Crippen molar-refractivity contribution in [1.29, 1.82) is 0 Å². The Balaban J connectivity index is 2.00. The molecule has 0 heterocycles. The van der Waals surface area contributed by atoms with Gasteiger partial charge in [0, 0.05) is 17.9 Å². The highest BCUT2D eigenvalue weighted by molar-refractivity contribution is 5.23. The molecule has 0 bridgehead atoms. The van der Waals surface area contributed by atoms with Crippen LogP contribution in [0.15, 0.2) is 24.3 Å². The number of rotatable bonds is 5. The molecule has 1 aliphatic rings. The molecule has 1 aromatic rings. The molecule has 3 unspecified atom stereocenters. The molecule has 18 heavy (non-hydrogen) atoms. The summed E-state index contributed by atoms with van der Waals surface area (Å²) in [6.07, 6.45) is 2.32. The van der Waals surface area contributed by atoms with Crippen LogP contribution in [0.3, 0.4) is 0 Å². The van der Waals surface area contributed by atoms with E-state index in [2.05, 4.69) is 26.1 Å². The average molecular weight is 251 g/mol. The second-order valence-electron chi connectivity index (χ2n) is 5.27. The van der Waals surface area contributed by atoms with Crippen molar-refractivity contribution < 1.29 is 9.13 Å². The lowest BCUT2D eigenvalue weighted by atomic mass is 9.61. The van der Waals surface area contributed by atoms with Crippen molar-refractivity contribution in [3.8, 4) is 5.75 Å². The summed E-state index contributed by atoms with van der Waals surface area (Å²) in [7, 11) is 0. The van der Waals surface area contributed by atoms with E-state index in [0.717, 1.165) is 25.1 Å². The highest BCUT2D eigenvalue weighted by Crippen LogP contribution is 2.45. The zero-order valence-electron chi connectivity index (χ0n) is 11.4. The highest BCUT2D eigenvalue weighted by atomic mass is 19.1. The van der Waals surface area contributed by atoms with Gasteiger partial charge in [-0.3, -0.25) is 0 Å². The van der Waals surface area contributed by atoms with Gasteiger partial charge in [0.2, 0.25) is 0 Å². The van der Waals surface area contributed by atoms with Gasteiger partial charge < -0.3 is 10.1 Å². The van der Waals surface area contributed by atoms with E-state index >= 15 is 0 Å². The minimum atomic E-state index is -0.222. The lowest BCUT2D eigenvalue weighted by molar-refractivity contribution is -0.0697. The van der Waals surface area contributed by atoms with Crippen LogP contribution in [0.4, 0.5) is 4.39 Å². The second-order valence-corrected chi connectivity index (χ2v) is 5.27. The zero-order valence-corrected chi connectivity index (χ0v) is 11.4. The summed E-state index contributed by atoms with van der Waals surface area (Å²) in [5.41, 5.74) is 0.171. The fourth-order valence-corrected chi connectivity index (χ4v) is 2.71. The van der Waals surface area contributed by atoms with Gasteiger partial charge in [-0.2, -0.15) is 0 Å². The Morgan fingerprint density at radius 3 is 2.56 bits per heavy atom. The first kappa shape index (κ1) is 13.3. The minimum Gasteiger partial charge on any atom is -0.490 e. The van der Waals surface area contributed by atoms with Crippen molar-refractivity contribution in [3.63, 3.8) is 0 Å². The van der Waals surface area contributed by atoms with Gasteiger partial charge in [-0.1, -0.05) is 20.8 Å². The van der Waals surface area contributed by atoms with Gasteiger partial charge in [0.15, 0.2) is 0 Å². The first-order valence-electron chi connectivity index (χ1n) is 6.75. The number of halogens is 1. The van der Waals surface area contributed by atoms with E-state index in [9.17, 15) is 4.39 Å². The Morgan fingerprint density at radius 2 is 2.00 bits per heavy atom. The van der Waals surface area contributed by atoms with Crippen LogP contribution in [0.2, 0.25) is 0 Å². The van der Waals surface area contributed by atoms with Crippen molar-refractivity contribution in [1.82, 2.24) is 5.32 Å². The molecule has 100 valence electrons. The Morgan fingerprint density at radius 1 is 1.33 bits per heavy atom. The fraction of sp³-hybridized carbons (Fsp3) is 0.600. The first-order valence-corrected chi connectivity index (χ1v) is 6.75. The van der Waals surface area contributed by atoms with Crippen molar-refractivity contribution in [3.05, 3.63) is 30.1 Å². The van der Waals surface area contributed by atoms with E-state index in [1.807, 2.05) is 0 Å². The summed E-state index contributed by atoms with van der Waals surface area (Å²) in [6, 6.07) is 6.81. The maximum Gasteiger partial charge on any atom is 0.123 e. The van der Waals surface area contributed by atoms with Crippen LogP contribution < -0.4 is 10.1 Å². The molecular weight excluding hydrogens is 229 g/mol. The van der Waals surface area contributed by atoms with Crippen LogP contribution in [0.5, 0.6) is 5.75 Å². The Kier molecular flexibility index (Phi) is 3.91. The van der Waals surface area contributed by atoms with Gasteiger partial charge in [0.05, 0.1) is 0 Å². The van der Waals surface area contributed by atoms with Crippen molar-refractivity contribution in [2.45, 2.75) is 45.8 Å². The van der Waals surface area contributed by atoms with E-state index < -0.39 is 0 Å². The van der Waals surface area contributed by atoms with Gasteiger partial charge in [0.25, 0.3) is 0 Å². The van der Waals surface area contributed by atoms with E-state index in [4.69, 9.17) is 4.74 Å². The molecule has 3 atom stereocenters. The summed E-state index contributed by atoms with van der Waals surface area (Å²) in [6.45, 7) is 7.58. The predicted octanol–water partition coefficient (Wildman–Crippen LogP) is 3.37. The molecule has 0 amide bonds. The average Bonchev–Trinajstić information content (AvgIpc) is 2.39. The quantitative estimate of drug-likeness (QED) is 0.866. The van der Waals surface area contributed by atoms with Crippen LogP contribution in [0, 0.1) is 11.2 Å². The monoisotopic (exact) mass is 251 g/mol. The van der Waals surface area contributed by atoms with E-state index in [0.29, 0.717) is 6.04 Å². The van der Waals surface area contributed by atoms with E-state index in [-0.39, 0.29) is 17.3 Å². The molecule has 1 aliphatic carbocycles. The van der Waals surface area contributed by atoms with E-state index in [1.54, 1.807) is 12.1 Å². The van der Waals surface area contributed by atoms with Crippen LogP contribution in [0.25, 0.3) is 0 Å². The van der Waals surface area contributed by atoms with Crippen LogP contribution in [-0.4, -0.2) is 18.7 Å². The van der Waals surface area contributed by atoms with Gasteiger partial charge in [0.1, 0.15) is 17.7 Å². The third-order valence-corrected chi connectivity index (χ3v) is 4.29. The maximum atomic E-state index is 12.8. The summed E-state index contributed by atoms with van der Waals surface area (Å²) in [4.78, 5) is 0. The normalized spacial score (nSPS) is 30.9. The standard InChI is InChI=1S/C15H22FNO/c1-4-15(3)13(17-5-2)10-14(15)18-12-8-6-11(16)7-9-12/h6-9,13-14,17H,4-5,10H2,1-3H3. The molecule has 1 fully saturated rings. The molecule has 2 nitrogen and oxygen atoms in total. The first-order chi connectivity index (χ1) is 8.60. The molecule has 1 N–H and O–H groups in total. The number of benzene rings is 1. The van der Waals surface area contributed by atoms with Crippen LogP contribution in [-0.2, 0) is 0 Å². The molecule has 0 radical (unpaired) electrons. The van der Waals surface area contributed by atoms with Crippen LogP contribution in [0.1, 0.15) is 33.6 Å². The molecule has 1 aromatic carbocycles. The summed E-state index contributed by atoms with van der Waals surface area (Å²) in [5, 5.41) is 3.51. The number of hydrogen-bond donors (Lipinski definition) is 1. The van der Waals surface area contributed by atoms with Crippen molar-refractivity contribution in [2.75, 3.05) is 6.54 Å². The molecule has 2 rings (SSSR count). The summed E-state index contributed by atoms with van der Waals surface area (Å²) in [5.74, 6) is 0.538. The lowest BCUT2D eigenvalue weighted by Gasteiger charge is -2.53. The fourth-order valence-electron chi connectivity index (χ4n) is 2.71. The molecule has 1 saturated carbocycles. The van der Waals surface area contributed by atoms with Crippen molar-refractivity contribution >= 4 is 0 Å². The number of nitrogens with one attached hydrogen (secondary N) is 1. The highest BCUT2D eigenvalue weighted by Gasteiger charge is 2.51. The minimum absolute atomic E-state index is 0.171. The lowest BCUT2D eigenvalue weighted by Crippen LogP contribution is -2.63. The number of hydrogen-bond acceptors (Lipinski definition) is 2. The molecule has 0 spiro atoms. The molecule has 0 aromatic heterocycles. The second kappa shape index (κ2) is 5.27. The number of ether oxygens (including phenoxy) is 1. The Bertz CT molecular complexity index is 392. The molecule has 3 heteroatoms. The summed E-state index contributed by atoms with van der Waals surface area (Å²) < 4.78 is 18.8. The molecule has 0 saturated heterocycles. The van der Waals surface area contributed by atoms with Gasteiger partial charge >= 0.3 is 0 Å². The zero-order chi connectivity index (χ0) is 13.2. The Labute approximate surface area is 109 Å². The smallest absolute Gasteiger partial charge is 0.123 e. The maximum absolute atomic E-state index is 12.8. The van der Waals surface area contributed by atoms with Gasteiger partial charge in [-0.05, 0) is 37.2 Å². The van der Waals surface area contributed by atoms with Crippen LogP contribution >= 0.6 is 0 Å². The topological polar surface area (TPSA) is 21.3 Å². The predicted molar refractivity (Wildman–Crippen MR) is 71.3 cm³/mol. The third kappa shape index (κ3) is 2.37. The SMILES string of the molecule is CCNC1CC(Oc2ccc(F)cc2)C1(C)CC. The van der Waals surface area contributed by atoms with Crippen molar-refractivity contribution in [2.24, 2.45) is 5.41 Å². The molecular formula is C15H22FNO. The van der Waals surface area contributed by atoms with Gasteiger partial charge in [-0.15, -0.1) is 0 Å². The largest absolute Gasteiger partial charge is 0.490 e. The Hall–Kier alpha value is -1.09. The van der Waals surface area contributed by atoms with Gasteiger partial charge in [-0.25, -0.2) is 4.39 Å². The molecule has 0 aliphatic heterocycles.